The fourth-order valence-electron chi connectivity index (χ4n) is 4.28. The first-order valence-corrected chi connectivity index (χ1v) is 11.2. The molecule has 1 fully saturated rings. The van der Waals surface area contributed by atoms with Gasteiger partial charge in [0, 0.05) is 50.1 Å². The molecule has 2 aromatic rings. The van der Waals surface area contributed by atoms with Crippen LogP contribution in [0.3, 0.4) is 0 Å². The Hall–Kier alpha value is -2.47. The van der Waals surface area contributed by atoms with E-state index < -0.39 is 0 Å². The number of hydrogen-bond acceptors (Lipinski definition) is 4. The Morgan fingerprint density at radius 3 is 2.70 bits per heavy atom. The van der Waals surface area contributed by atoms with Gasteiger partial charge < -0.3 is 24.7 Å². The van der Waals surface area contributed by atoms with Crippen LogP contribution in [0.5, 0.6) is 5.75 Å². The maximum Gasteiger partial charge on any atom is 0.191 e. The van der Waals surface area contributed by atoms with Crippen molar-refractivity contribution in [2.75, 3.05) is 26.2 Å². The standard InChI is InChI=1S/C24H34N4O2/c1-18(2)28-14-10-19(11-15-28)26-24(25-13-9-20-6-5-16-29-20)27-22-12-17-30-23-8-4-3-7-21(22)23/h3-8,16,18-19,22H,9-15,17H2,1-2H3,(H2,25,26,27). The van der Waals surface area contributed by atoms with Crippen LogP contribution >= 0.6 is 0 Å². The van der Waals surface area contributed by atoms with Crippen LogP contribution in [0.2, 0.25) is 0 Å². The molecule has 1 aromatic heterocycles. The first-order valence-electron chi connectivity index (χ1n) is 11.2. The van der Waals surface area contributed by atoms with Gasteiger partial charge in [-0.05, 0) is 44.9 Å². The molecule has 2 aliphatic heterocycles. The molecular weight excluding hydrogens is 376 g/mol. The van der Waals surface area contributed by atoms with Crippen molar-refractivity contribution in [1.82, 2.24) is 15.5 Å². The van der Waals surface area contributed by atoms with Crippen molar-refractivity contribution >= 4 is 5.96 Å². The van der Waals surface area contributed by atoms with Gasteiger partial charge in [-0.15, -0.1) is 0 Å². The lowest BCUT2D eigenvalue weighted by Crippen LogP contribution is -2.50. The van der Waals surface area contributed by atoms with E-state index in [0.29, 0.717) is 18.6 Å². The highest BCUT2D eigenvalue weighted by Crippen LogP contribution is 2.31. The van der Waals surface area contributed by atoms with Crippen LogP contribution in [0.1, 0.15) is 50.5 Å². The van der Waals surface area contributed by atoms with Crippen LogP contribution in [0.4, 0.5) is 0 Å². The van der Waals surface area contributed by atoms with Gasteiger partial charge in [-0.3, -0.25) is 4.99 Å². The van der Waals surface area contributed by atoms with Gasteiger partial charge in [-0.1, -0.05) is 18.2 Å². The molecule has 1 aromatic carbocycles. The molecule has 0 radical (unpaired) electrons. The highest BCUT2D eigenvalue weighted by molar-refractivity contribution is 5.80. The summed E-state index contributed by atoms with van der Waals surface area (Å²) in [5.41, 5.74) is 1.21. The maximum absolute atomic E-state index is 5.83. The second kappa shape index (κ2) is 10.0. The van der Waals surface area contributed by atoms with Crippen molar-refractivity contribution in [2.24, 2.45) is 4.99 Å². The SMILES string of the molecule is CC(C)N1CCC(NC(=NCCc2ccco2)NC2CCOc3ccccc32)CC1. The number of nitrogens with one attached hydrogen (secondary N) is 2. The molecule has 0 saturated carbocycles. The molecule has 0 aliphatic carbocycles. The average molecular weight is 411 g/mol. The molecule has 1 atom stereocenters. The highest BCUT2D eigenvalue weighted by atomic mass is 16.5. The number of piperidine rings is 1. The van der Waals surface area contributed by atoms with Crippen molar-refractivity contribution in [3.05, 3.63) is 54.0 Å². The topological polar surface area (TPSA) is 62.0 Å². The molecule has 6 heteroatoms. The third kappa shape index (κ3) is 5.36. The second-order valence-electron chi connectivity index (χ2n) is 8.48. The van der Waals surface area contributed by atoms with E-state index in [1.165, 1.54) is 5.56 Å². The zero-order chi connectivity index (χ0) is 20.8. The predicted molar refractivity (Wildman–Crippen MR) is 120 cm³/mol. The first kappa shape index (κ1) is 20.8. The van der Waals surface area contributed by atoms with Crippen molar-refractivity contribution < 1.29 is 9.15 Å². The van der Waals surface area contributed by atoms with E-state index in [0.717, 1.165) is 62.8 Å². The van der Waals surface area contributed by atoms with E-state index in [1.807, 2.05) is 24.3 Å². The second-order valence-corrected chi connectivity index (χ2v) is 8.48. The number of para-hydroxylation sites is 1. The average Bonchev–Trinajstić information content (AvgIpc) is 3.28. The summed E-state index contributed by atoms with van der Waals surface area (Å²) in [6, 6.07) is 13.5. The molecule has 162 valence electrons. The fraction of sp³-hybridized carbons (Fsp3) is 0.542. The number of guanidine groups is 1. The smallest absolute Gasteiger partial charge is 0.191 e. The Bertz CT molecular complexity index is 810. The fourth-order valence-corrected chi connectivity index (χ4v) is 4.28. The van der Waals surface area contributed by atoms with Gasteiger partial charge in [0.15, 0.2) is 5.96 Å². The van der Waals surface area contributed by atoms with Crippen LogP contribution in [-0.4, -0.2) is 49.2 Å². The van der Waals surface area contributed by atoms with Crippen LogP contribution < -0.4 is 15.4 Å². The lowest BCUT2D eigenvalue weighted by molar-refractivity contribution is 0.167. The molecule has 4 rings (SSSR count). The summed E-state index contributed by atoms with van der Waals surface area (Å²) >= 11 is 0. The molecule has 6 nitrogen and oxygen atoms in total. The zero-order valence-corrected chi connectivity index (χ0v) is 18.1. The van der Waals surface area contributed by atoms with Crippen LogP contribution in [0, 0.1) is 0 Å². The molecule has 1 saturated heterocycles. The summed E-state index contributed by atoms with van der Waals surface area (Å²) in [6.07, 6.45) is 5.73. The Morgan fingerprint density at radius 1 is 1.10 bits per heavy atom. The molecule has 0 amide bonds. The normalized spacial score (nSPS) is 20.6. The van der Waals surface area contributed by atoms with Gasteiger partial charge in [0.05, 0.1) is 18.9 Å². The number of ether oxygens (including phenoxy) is 1. The number of aliphatic imine (C=N–C) groups is 1. The van der Waals surface area contributed by atoms with Crippen LogP contribution in [0.25, 0.3) is 0 Å². The van der Waals surface area contributed by atoms with Crippen LogP contribution in [0.15, 0.2) is 52.1 Å². The number of nitrogens with zero attached hydrogens (tertiary/aromatic N) is 2. The zero-order valence-electron chi connectivity index (χ0n) is 18.1. The minimum atomic E-state index is 0.209. The van der Waals surface area contributed by atoms with E-state index in [9.17, 15) is 0 Å². The van der Waals surface area contributed by atoms with Crippen molar-refractivity contribution in [3.63, 3.8) is 0 Å². The van der Waals surface area contributed by atoms with E-state index in [1.54, 1.807) is 6.26 Å². The molecule has 0 bridgehead atoms. The largest absolute Gasteiger partial charge is 0.493 e. The molecule has 0 spiro atoms. The Morgan fingerprint density at radius 2 is 1.93 bits per heavy atom. The number of fused-ring (bicyclic) bond motifs is 1. The Labute approximate surface area is 179 Å². The van der Waals surface area contributed by atoms with Gasteiger partial charge in [0.2, 0.25) is 0 Å². The Balaban J connectivity index is 1.42. The molecular formula is C24H34N4O2. The van der Waals surface area contributed by atoms with Gasteiger partial charge in [-0.25, -0.2) is 0 Å². The lowest BCUT2D eigenvalue weighted by atomic mass is 10.0. The minimum absolute atomic E-state index is 0.209. The number of likely N-dealkylation sites (tertiary alicyclic amines) is 1. The summed E-state index contributed by atoms with van der Waals surface area (Å²) in [5, 5.41) is 7.40. The van der Waals surface area contributed by atoms with Crippen molar-refractivity contribution in [1.29, 1.82) is 0 Å². The quantitative estimate of drug-likeness (QED) is 0.561. The van der Waals surface area contributed by atoms with Crippen molar-refractivity contribution in [3.8, 4) is 5.75 Å². The molecule has 3 heterocycles. The molecule has 2 N–H and O–H groups in total. The summed E-state index contributed by atoms with van der Waals surface area (Å²) in [6.45, 7) is 8.24. The van der Waals surface area contributed by atoms with Gasteiger partial charge in [0.25, 0.3) is 0 Å². The van der Waals surface area contributed by atoms with Gasteiger partial charge >= 0.3 is 0 Å². The summed E-state index contributed by atoms with van der Waals surface area (Å²) < 4.78 is 11.3. The minimum Gasteiger partial charge on any atom is -0.493 e. The van der Waals surface area contributed by atoms with E-state index in [4.69, 9.17) is 14.1 Å². The van der Waals surface area contributed by atoms with Gasteiger partial charge in [-0.2, -0.15) is 0 Å². The monoisotopic (exact) mass is 410 g/mol. The number of furan rings is 1. The maximum atomic E-state index is 5.83. The third-order valence-corrected chi connectivity index (χ3v) is 6.08. The highest BCUT2D eigenvalue weighted by Gasteiger charge is 2.25. The van der Waals surface area contributed by atoms with E-state index >= 15 is 0 Å². The third-order valence-electron chi connectivity index (χ3n) is 6.08. The summed E-state index contributed by atoms with van der Waals surface area (Å²) in [5.74, 6) is 2.84. The van der Waals surface area contributed by atoms with Crippen molar-refractivity contribution in [2.45, 2.75) is 57.7 Å². The van der Waals surface area contributed by atoms with E-state index in [-0.39, 0.29) is 6.04 Å². The Kier molecular flexibility index (Phi) is 6.95. The molecule has 2 aliphatic rings. The lowest BCUT2D eigenvalue weighted by Gasteiger charge is -2.36. The molecule has 30 heavy (non-hydrogen) atoms. The van der Waals surface area contributed by atoms with Crippen LogP contribution in [-0.2, 0) is 6.42 Å². The first-order chi connectivity index (χ1) is 14.7. The number of rotatable bonds is 6. The van der Waals surface area contributed by atoms with E-state index in [2.05, 4.69) is 41.5 Å². The number of benzene rings is 1. The van der Waals surface area contributed by atoms with Gasteiger partial charge in [0.1, 0.15) is 11.5 Å². The summed E-state index contributed by atoms with van der Waals surface area (Å²) in [4.78, 5) is 7.44. The predicted octanol–water partition coefficient (Wildman–Crippen LogP) is 3.75. The molecule has 1 unspecified atom stereocenters. The summed E-state index contributed by atoms with van der Waals surface area (Å²) in [7, 11) is 0. The number of hydrogen-bond donors (Lipinski definition) is 2.